The van der Waals surface area contributed by atoms with Gasteiger partial charge in [0.15, 0.2) is 0 Å². The van der Waals surface area contributed by atoms with E-state index in [4.69, 9.17) is 16.3 Å². The number of hydrogen-bond acceptors (Lipinski definition) is 4. The van der Waals surface area contributed by atoms with Crippen LogP contribution < -0.4 is 4.74 Å². The van der Waals surface area contributed by atoms with E-state index in [2.05, 4.69) is 4.98 Å². The van der Waals surface area contributed by atoms with Gasteiger partial charge in [-0.05, 0) is 28.1 Å². The van der Waals surface area contributed by atoms with Crippen LogP contribution in [0, 0.1) is 10.1 Å². The lowest BCUT2D eigenvalue weighted by Gasteiger charge is -2.05. The fourth-order valence-electron chi connectivity index (χ4n) is 1.29. The van der Waals surface area contributed by atoms with Gasteiger partial charge in [0, 0.05) is 12.1 Å². The average molecular weight is 254 g/mol. The van der Waals surface area contributed by atoms with Gasteiger partial charge in [0.2, 0.25) is 6.33 Å². The zero-order valence-corrected chi connectivity index (χ0v) is 9.59. The SMILES string of the molecule is Cn1cnc([N+](=O)[O-])c1Oc1cccc(Cl)c1. The maximum absolute atomic E-state index is 10.7. The third-order valence-electron chi connectivity index (χ3n) is 2.05. The molecule has 0 aliphatic heterocycles. The molecule has 2 rings (SSSR count). The highest BCUT2D eigenvalue weighted by atomic mass is 35.5. The van der Waals surface area contributed by atoms with Crippen molar-refractivity contribution in [3.63, 3.8) is 0 Å². The van der Waals surface area contributed by atoms with Crippen LogP contribution in [0.1, 0.15) is 0 Å². The molecule has 0 aliphatic carbocycles. The van der Waals surface area contributed by atoms with E-state index in [1.165, 1.54) is 10.9 Å². The monoisotopic (exact) mass is 253 g/mol. The van der Waals surface area contributed by atoms with Crippen LogP contribution in [0.15, 0.2) is 30.6 Å². The van der Waals surface area contributed by atoms with E-state index in [0.29, 0.717) is 10.8 Å². The molecule has 0 aliphatic rings. The van der Waals surface area contributed by atoms with Crippen molar-refractivity contribution in [3.05, 3.63) is 45.7 Å². The van der Waals surface area contributed by atoms with Crippen molar-refractivity contribution in [1.29, 1.82) is 0 Å². The van der Waals surface area contributed by atoms with Gasteiger partial charge in [0.25, 0.3) is 0 Å². The highest BCUT2D eigenvalue weighted by Crippen LogP contribution is 2.30. The first-order chi connectivity index (χ1) is 8.08. The quantitative estimate of drug-likeness (QED) is 0.623. The van der Waals surface area contributed by atoms with Gasteiger partial charge in [-0.3, -0.25) is 4.57 Å². The molecule has 7 heteroatoms. The predicted octanol–water partition coefficient (Wildman–Crippen LogP) is 2.77. The zero-order chi connectivity index (χ0) is 12.4. The Kier molecular flexibility index (Phi) is 2.97. The molecule has 0 radical (unpaired) electrons. The normalized spacial score (nSPS) is 10.2. The molecule has 0 spiro atoms. The first-order valence-corrected chi connectivity index (χ1v) is 5.05. The number of aromatic nitrogens is 2. The summed E-state index contributed by atoms with van der Waals surface area (Å²) in [5.74, 6) is 0.161. The molecule has 1 aromatic carbocycles. The second-order valence-corrected chi connectivity index (χ2v) is 3.74. The Bertz CT molecular complexity index is 568. The summed E-state index contributed by atoms with van der Waals surface area (Å²) >= 11 is 5.79. The molecule has 0 unspecified atom stereocenters. The van der Waals surface area contributed by atoms with Gasteiger partial charge < -0.3 is 14.9 Å². The third-order valence-corrected chi connectivity index (χ3v) is 2.28. The molecule has 17 heavy (non-hydrogen) atoms. The first-order valence-electron chi connectivity index (χ1n) is 4.67. The van der Waals surface area contributed by atoms with Crippen molar-refractivity contribution in [1.82, 2.24) is 9.55 Å². The number of ether oxygens (including phenoxy) is 1. The van der Waals surface area contributed by atoms with Gasteiger partial charge in [-0.25, -0.2) is 0 Å². The molecule has 0 amide bonds. The van der Waals surface area contributed by atoms with E-state index in [-0.39, 0.29) is 11.7 Å². The summed E-state index contributed by atoms with van der Waals surface area (Å²) in [5.41, 5.74) is 0. The molecule has 2 aromatic rings. The Hall–Kier alpha value is -2.08. The molecule has 6 nitrogen and oxygen atoms in total. The van der Waals surface area contributed by atoms with Crippen LogP contribution in [0.25, 0.3) is 0 Å². The number of aryl methyl sites for hydroxylation is 1. The minimum atomic E-state index is -0.597. The summed E-state index contributed by atoms with van der Waals surface area (Å²) in [5, 5.41) is 11.2. The fourth-order valence-corrected chi connectivity index (χ4v) is 1.47. The summed E-state index contributed by atoms with van der Waals surface area (Å²) in [6.07, 6.45) is 1.32. The zero-order valence-electron chi connectivity index (χ0n) is 8.83. The summed E-state index contributed by atoms with van der Waals surface area (Å²) < 4.78 is 6.83. The van der Waals surface area contributed by atoms with Crippen LogP contribution in [-0.4, -0.2) is 14.5 Å². The number of benzene rings is 1. The van der Waals surface area contributed by atoms with Gasteiger partial charge in [-0.2, -0.15) is 0 Å². The lowest BCUT2D eigenvalue weighted by Crippen LogP contribution is -1.96. The average Bonchev–Trinajstić information content (AvgIpc) is 2.61. The van der Waals surface area contributed by atoms with Crippen LogP contribution >= 0.6 is 11.6 Å². The van der Waals surface area contributed by atoms with Crippen molar-refractivity contribution in [2.75, 3.05) is 0 Å². The minimum absolute atomic E-state index is 0.0669. The van der Waals surface area contributed by atoms with E-state index < -0.39 is 4.92 Å². The topological polar surface area (TPSA) is 70.2 Å². The molecule has 1 heterocycles. The van der Waals surface area contributed by atoms with Crippen molar-refractivity contribution in [2.45, 2.75) is 0 Å². The summed E-state index contributed by atoms with van der Waals surface area (Å²) in [6.45, 7) is 0. The van der Waals surface area contributed by atoms with Gasteiger partial charge in [-0.1, -0.05) is 17.7 Å². The van der Waals surface area contributed by atoms with Crippen LogP contribution in [0.4, 0.5) is 5.82 Å². The third kappa shape index (κ3) is 2.36. The molecular formula is C10H8ClN3O3. The van der Waals surface area contributed by atoms with Crippen molar-refractivity contribution in [3.8, 4) is 11.6 Å². The summed E-state index contributed by atoms with van der Waals surface area (Å²) in [7, 11) is 1.61. The molecule has 0 N–H and O–H groups in total. The Morgan fingerprint density at radius 3 is 2.94 bits per heavy atom. The highest BCUT2D eigenvalue weighted by Gasteiger charge is 2.22. The van der Waals surface area contributed by atoms with E-state index in [9.17, 15) is 10.1 Å². The second kappa shape index (κ2) is 4.42. The molecule has 0 bridgehead atoms. The van der Waals surface area contributed by atoms with Gasteiger partial charge in [0.05, 0.1) is 0 Å². The number of rotatable bonds is 3. The summed E-state index contributed by atoms with van der Waals surface area (Å²) in [4.78, 5) is 13.8. The number of halogens is 1. The van der Waals surface area contributed by atoms with Gasteiger partial charge >= 0.3 is 11.7 Å². The highest BCUT2D eigenvalue weighted by molar-refractivity contribution is 6.30. The van der Waals surface area contributed by atoms with Crippen LogP contribution in [0.2, 0.25) is 5.02 Å². The maximum atomic E-state index is 10.7. The molecule has 0 fully saturated rings. The largest absolute Gasteiger partial charge is 0.434 e. The molecule has 88 valence electrons. The predicted molar refractivity (Wildman–Crippen MR) is 61.4 cm³/mol. The first kappa shape index (κ1) is 11.4. The van der Waals surface area contributed by atoms with Crippen LogP contribution in [-0.2, 0) is 7.05 Å². The number of imidazole rings is 1. The minimum Gasteiger partial charge on any atom is -0.434 e. The molecule has 0 saturated carbocycles. The molecule has 0 atom stereocenters. The maximum Gasteiger partial charge on any atom is 0.427 e. The molecular weight excluding hydrogens is 246 g/mol. The standard InChI is InChI=1S/C10H8ClN3O3/c1-13-6-12-9(14(15)16)10(13)17-8-4-2-3-7(11)5-8/h2-6H,1H3. The number of nitro groups is 1. The van der Waals surface area contributed by atoms with E-state index in [1.54, 1.807) is 31.3 Å². The van der Waals surface area contributed by atoms with E-state index in [0.717, 1.165) is 0 Å². The van der Waals surface area contributed by atoms with Crippen molar-refractivity contribution < 1.29 is 9.66 Å². The van der Waals surface area contributed by atoms with Gasteiger partial charge in [-0.15, -0.1) is 0 Å². The van der Waals surface area contributed by atoms with Crippen LogP contribution in [0.3, 0.4) is 0 Å². The van der Waals surface area contributed by atoms with Crippen molar-refractivity contribution in [2.24, 2.45) is 7.05 Å². The Labute approximate surface area is 102 Å². The molecule has 0 saturated heterocycles. The van der Waals surface area contributed by atoms with E-state index >= 15 is 0 Å². The molecule has 1 aromatic heterocycles. The Morgan fingerprint density at radius 2 is 2.29 bits per heavy atom. The van der Waals surface area contributed by atoms with E-state index in [1.807, 2.05) is 0 Å². The Morgan fingerprint density at radius 1 is 1.53 bits per heavy atom. The Balaban J connectivity index is 2.36. The lowest BCUT2D eigenvalue weighted by atomic mass is 10.3. The number of nitrogens with zero attached hydrogens (tertiary/aromatic N) is 3. The van der Waals surface area contributed by atoms with Gasteiger partial charge in [0.1, 0.15) is 5.75 Å². The van der Waals surface area contributed by atoms with Crippen molar-refractivity contribution >= 4 is 17.4 Å². The fraction of sp³-hybridized carbons (Fsp3) is 0.100. The lowest BCUT2D eigenvalue weighted by molar-refractivity contribution is -0.390. The van der Waals surface area contributed by atoms with Crippen LogP contribution in [0.5, 0.6) is 11.6 Å². The smallest absolute Gasteiger partial charge is 0.427 e. The second-order valence-electron chi connectivity index (χ2n) is 3.30. The number of hydrogen-bond donors (Lipinski definition) is 0. The summed E-state index contributed by atoms with van der Waals surface area (Å²) in [6, 6.07) is 6.60.